The van der Waals surface area contributed by atoms with Crippen LogP contribution < -0.4 is 16.0 Å². The minimum Gasteiger partial charge on any atom is -0.508 e. The fourth-order valence-corrected chi connectivity index (χ4v) is 2.06. The van der Waals surface area contributed by atoms with Crippen molar-refractivity contribution in [3.8, 4) is 5.75 Å². The molecule has 0 aliphatic heterocycles. The van der Waals surface area contributed by atoms with Gasteiger partial charge in [-0.2, -0.15) is 0 Å². The van der Waals surface area contributed by atoms with Gasteiger partial charge in [0.15, 0.2) is 5.96 Å². The van der Waals surface area contributed by atoms with Crippen molar-refractivity contribution in [1.82, 2.24) is 16.0 Å². The van der Waals surface area contributed by atoms with Gasteiger partial charge >= 0.3 is 0 Å². The first-order valence-electron chi connectivity index (χ1n) is 9.20. The summed E-state index contributed by atoms with van der Waals surface area (Å²) in [5.74, 6) is 1.32. The lowest BCUT2D eigenvalue weighted by Crippen LogP contribution is -2.41. The largest absolute Gasteiger partial charge is 0.508 e. The van der Waals surface area contributed by atoms with Crippen molar-refractivity contribution >= 4 is 35.8 Å². The lowest BCUT2D eigenvalue weighted by molar-refractivity contribution is 0.0954. The number of benzene rings is 1. The number of phenolic OH excluding ortho intramolecular Hbond substituents is 1. The summed E-state index contributed by atoms with van der Waals surface area (Å²) in [6, 6.07) is 6.16. The van der Waals surface area contributed by atoms with Crippen molar-refractivity contribution < 1.29 is 14.6 Å². The van der Waals surface area contributed by atoms with Crippen LogP contribution in [0.3, 0.4) is 0 Å². The number of nitrogens with zero attached hydrogens (tertiary/aromatic N) is 1. The summed E-state index contributed by atoms with van der Waals surface area (Å²) in [5.41, 5.74) is 0.516. The summed E-state index contributed by atoms with van der Waals surface area (Å²) in [6.45, 7) is 10.1. The molecule has 0 spiro atoms. The number of hydrogen-bond acceptors (Lipinski definition) is 4. The molecule has 0 heterocycles. The smallest absolute Gasteiger partial charge is 0.251 e. The Bertz CT molecular complexity index is 550. The minimum atomic E-state index is -0.174. The van der Waals surface area contributed by atoms with E-state index in [0.29, 0.717) is 43.7 Å². The highest BCUT2D eigenvalue weighted by Gasteiger charge is 2.04. The standard InChI is InChI=1S/C19H32N4O3.HI/c1-4-20-19(23-12-14-26-13-9-15(2)3)22-11-10-21-18(25)16-5-7-17(24)8-6-16;/h5-8,15,24H,4,9-14H2,1-3H3,(H,21,25)(H2,20,22,23);1H. The second-order valence-corrected chi connectivity index (χ2v) is 6.29. The Morgan fingerprint density at radius 1 is 1.11 bits per heavy atom. The number of amides is 1. The molecule has 0 saturated carbocycles. The molecule has 154 valence electrons. The highest BCUT2D eigenvalue weighted by molar-refractivity contribution is 14.0. The first-order chi connectivity index (χ1) is 12.5. The van der Waals surface area contributed by atoms with E-state index in [-0.39, 0.29) is 35.6 Å². The van der Waals surface area contributed by atoms with Crippen LogP contribution in [0.2, 0.25) is 0 Å². The van der Waals surface area contributed by atoms with Crippen molar-refractivity contribution in [2.75, 3.05) is 39.4 Å². The lowest BCUT2D eigenvalue weighted by Gasteiger charge is -2.12. The predicted octanol–water partition coefficient (Wildman–Crippen LogP) is 2.36. The van der Waals surface area contributed by atoms with E-state index in [2.05, 4.69) is 34.8 Å². The molecule has 0 aromatic heterocycles. The Balaban J connectivity index is 0.00000676. The summed E-state index contributed by atoms with van der Waals surface area (Å²) in [4.78, 5) is 16.4. The van der Waals surface area contributed by atoms with Gasteiger partial charge in [-0.3, -0.25) is 9.79 Å². The van der Waals surface area contributed by atoms with Crippen molar-refractivity contribution in [2.45, 2.75) is 27.2 Å². The van der Waals surface area contributed by atoms with E-state index in [1.165, 1.54) is 12.1 Å². The molecule has 0 bridgehead atoms. The fourth-order valence-electron chi connectivity index (χ4n) is 2.06. The van der Waals surface area contributed by atoms with E-state index in [9.17, 15) is 9.90 Å². The van der Waals surface area contributed by atoms with Gasteiger partial charge < -0.3 is 25.8 Å². The summed E-state index contributed by atoms with van der Waals surface area (Å²) in [5, 5.41) is 18.4. The number of guanidine groups is 1. The first kappa shape index (κ1) is 25.4. The van der Waals surface area contributed by atoms with Gasteiger partial charge in [0.1, 0.15) is 5.75 Å². The van der Waals surface area contributed by atoms with Gasteiger partial charge in [-0.1, -0.05) is 13.8 Å². The van der Waals surface area contributed by atoms with Crippen LogP contribution >= 0.6 is 24.0 Å². The van der Waals surface area contributed by atoms with E-state index in [0.717, 1.165) is 19.6 Å². The Morgan fingerprint density at radius 3 is 2.41 bits per heavy atom. The van der Waals surface area contributed by atoms with Crippen molar-refractivity contribution in [3.63, 3.8) is 0 Å². The quantitative estimate of drug-likeness (QED) is 0.165. The third-order valence-electron chi connectivity index (χ3n) is 3.52. The van der Waals surface area contributed by atoms with E-state index < -0.39 is 0 Å². The Kier molecular flexibility index (Phi) is 14.6. The maximum atomic E-state index is 12.0. The Morgan fingerprint density at radius 2 is 1.78 bits per heavy atom. The van der Waals surface area contributed by atoms with Crippen LogP contribution in [-0.2, 0) is 4.74 Å². The number of halogens is 1. The van der Waals surface area contributed by atoms with Gasteiger partial charge in [0, 0.05) is 31.8 Å². The van der Waals surface area contributed by atoms with Gasteiger partial charge in [0.05, 0.1) is 13.2 Å². The van der Waals surface area contributed by atoms with E-state index in [4.69, 9.17) is 4.74 Å². The highest BCUT2D eigenvalue weighted by Crippen LogP contribution is 2.09. The maximum absolute atomic E-state index is 12.0. The number of hydrogen-bond donors (Lipinski definition) is 4. The molecule has 7 nitrogen and oxygen atoms in total. The average molecular weight is 492 g/mol. The number of nitrogens with one attached hydrogen (secondary N) is 3. The van der Waals surface area contributed by atoms with Crippen LogP contribution in [0, 0.1) is 5.92 Å². The molecule has 0 atom stereocenters. The number of ether oxygens (including phenoxy) is 1. The van der Waals surface area contributed by atoms with Gasteiger partial charge in [-0.25, -0.2) is 0 Å². The van der Waals surface area contributed by atoms with Crippen LogP contribution in [0.1, 0.15) is 37.6 Å². The monoisotopic (exact) mass is 492 g/mol. The van der Waals surface area contributed by atoms with Crippen molar-refractivity contribution in [2.24, 2.45) is 10.9 Å². The molecular weight excluding hydrogens is 459 g/mol. The summed E-state index contributed by atoms with van der Waals surface area (Å²) in [6.07, 6.45) is 1.06. The number of aromatic hydroxyl groups is 1. The number of aliphatic imine (C=N–C) groups is 1. The number of phenols is 1. The number of rotatable bonds is 11. The molecule has 1 aromatic carbocycles. The SMILES string of the molecule is CCNC(=NCCOCCC(C)C)NCCNC(=O)c1ccc(O)cc1.I. The van der Waals surface area contributed by atoms with Crippen LogP contribution in [0.15, 0.2) is 29.3 Å². The molecule has 0 unspecified atom stereocenters. The molecule has 0 aliphatic rings. The first-order valence-corrected chi connectivity index (χ1v) is 9.20. The molecule has 8 heteroatoms. The predicted molar refractivity (Wildman–Crippen MR) is 120 cm³/mol. The zero-order valence-electron chi connectivity index (χ0n) is 16.5. The van der Waals surface area contributed by atoms with E-state index >= 15 is 0 Å². The normalized spacial score (nSPS) is 11.0. The van der Waals surface area contributed by atoms with Gasteiger partial charge in [0.25, 0.3) is 5.91 Å². The van der Waals surface area contributed by atoms with Crippen LogP contribution in [0.4, 0.5) is 0 Å². The zero-order chi connectivity index (χ0) is 19.2. The molecular formula is C19H33IN4O3. The van der Waals surface area contributed by atoms with E-state index in [1.807, 2.05) is 6.92 Å². The van der Waals surface area contributed by atoms with Gasteiger partial charge in [0.2, 0.25) is 0 Å². The van der Waals surface area contributed by atoms with Crippen LogP contribution in [-0.4, -0.2) is 56.4 Å². The second-order valence-electron chi connectivity index (χ2n) is 6.29. The zero-order valence-corrected chi connectivity index (χ0v) is 18.8. The molecule has 27 heavy (non-hydrogen) atoms. The Labute approximate surface area is 179 Å². The fraction of sp³-hybridized carbons (Fsp3) is 0.579. The van der Waals surface area contributed by atoms with Gasteiger partial charge in [-0.05, 0) is 43.5 Å². The maximum Gasteiger partial charge on any atom is 0.251 e. The summed E-state index contributed by atoms with van der Waals surface area (Å²) >= 11 is 0. The molecule has 0 radical (unpaired) electrons. The number of carbonyl (C=O) groups is 1. The second kappa shape index (κ2) is 15.5. The van der Waals surface area contributed by atoms with Crippen LogP contribution in [0.5, 0.6) is 5.75 Å². The molecule has 0 fully saturated rings. The number of carbonyl (C=O) groups excluding carboxylic acids is 1. The molecule has 0 aliphatic carbocycles. The van der Waals surface area contributed by atoms with Crippen molar-refractivity contribution in [3.05, 3.63) is 29.8 Å². The lowest BCUT2D eigenvalue weighted by atomic mass is 10.1. The minimum absolute atomic E-state index is 0. The van der Waals surface area contributed by atoms with E-state index in [1.54, 1.807) is 12.1 Å². The molecule has 4 N–H and O–H groups in total. The summed E-state index contributed by atoms with van der Waals surface area (Å²) < 4.78 is 5.55. The molecule has 1 rings (SSSR count). The Hall–Kier alpha value is -1.55. The molecule has 1 aromatic rings. The molecule has 0 saturated heterocycles. The summed E-state index contributed by atoms with van der Waals surface area (Å²) in [7, 11) is 0. The van der Waals surface area contributed by atoms with Crippen LogP contribution in [0.25, 0.3) is 0 Å². The molecule has 1 amide bonds. The highest BCUT2D eigenvalue weighted by atomic mass is 127. The average Bonchev–Trinajstić information content (AvgIpc) is 2.61. The van der Waals surface area contributed by atoms with Crippen molar-refractivity contribution in [1.29, 1.82) is 0 Å². The third-order valence-corrected chi connectivity index (χ3v) is 3.52. The topological polar surface area (TPSA) is 95.0 Å². The third kappa shape index (κ3) is 12.5. The van der Waals surface area contributed by atoms with Gasteiger partial charge in [-0.15, -0.1) is 24.0 Å².